The minimum absolute atomic E-state index is 0.0944. The molecule has 1 N–H and O–H groups in total. The molecule has 2 fully saturated rings. The highest BCUT2D eigenvalue weighted by molar-refractivity contribution is 7.89. The van der Waals surface area contributed by atoms with E-state index in [0.717, 1.165) is 24.2 Å². The molecule has 2 amide bonds. The number of alkyl halides is 3. The van der Waals surface area contributed by atoms with Gasteiger partial charge in [-0.2, -0.15) is 17.5 Å². The third kappa shape index (κ3) is 6.59. The van der Waals surface area contributed by atoms with Crippen LogP contribution < -0.4 is 5.32 Å². The van der Waals surface area contributed by atoms with Crippen molar-refractivity contribution in [3.05, 3.63) is 23.8 Å². The number of benzene rings is 1. The molecule has 2 aliphatic rings. The minimum atomic E-state index is -4.60. The van der Waals surface area contributed by atoms with Crippen molar-refractivity contribution in [1.82, 2.24) is 9.21 Å². The van der Waals surface area contributed by atoms with Crippen LogP contribution in [0.25, 0.3) is 0 Å². The molecule has 184 valence electrons. The van der Waals surface area contributed by atoms with Crippen molar-refractivity contribution < 1.29 is 35.9 Å². The number of carbonyl (C=O) groups is 2. The Kier molecular flexibility index (Phi) is 7.88. The maximum absolute atomic E-state index is 12.9. The van der Waals surface area contributed by atoms with Crippen LogP contribution in [0.3, 0.4) is 0 Å². The molecule has 12 heteroatoms. The summed E-state index contributed by atoms with van der Waals surface area (Å²) in [5, 5.41) is 2.78. The number of aryl methyl sites for hydroxylation is 1. The maximum Gasteiger partial charge on any atom is 0.422 e. The summed E-state index contributed by atoms with van der Waals surface area (Å²) in [6.45, 7) is 1.24. The first-order valence-corrected chi connectivity index (χ1v) is 12.3. The van der Waals surface area contributed by atoms with Crippen LogP contribution in [-0.2, 0) is 19.6 Å². The molecule has 0 radical (unpaired) electrons. The van der Waals surface area contributed by atoms with Crippen LogP contribution in [0.2, 0.25) is 0 Å². The van der Waals surface area contributed by atoms with Gasteiger partial charge in [0.15, 0.2) is 6.61 Å². The highest BCUT2D eigenvalue weighted by Gasteiger charge is 2.33. The largest absolute Gasteiger partial charge is 0.440 e. The molecule has 2 saturated heterocycles. The first kappa shape index (κ1) is 25.3. The Morgan fingerprint density at radius 3 is 2.33 bits per heavy atom. The minimum Gasteiger partial charge on any atom is -0.440 e. The highest BCUT2D eigenvalue weighted by Crippen LogP contribution is 2.27. The molecule has 33 heavy (non-hydrogen) atoms. The quantitative estimate of drug-likeness (QED) is 0.680. The lowest BCUT2D eigenvalue weighted by Crippen LogP contribution is -2.42. The number of anilines is 1. The van der Waals surface area contributed by atoms with E-state index in [1.54, 1.807) is 13.0 Å². The first-order chi connectivity index (χ1) is 15.5. The number of nitrogens with zero attached hydrogens (tertiary/aromatic N) is 2. The number of halogens is 3. The lowest BCUT2D eigenvalue weighted by Gasteiger charge is -2.31. The lowest BCUT2D eigenvalue weighted by atomic mass is 9.96. The fourth-order valence-corrected chi connectivity index (χ4v) is 5.49. The molecule has 8 nitrogen and oxygen atoms in total. The standard InChI is InChI=1S/C21H28F3N3O5S/c1-15-5-6-17(33(30,31)27-9-3-2-4-10-27)13-18(15)25-19(28)16-7-11-26(12-8-16)20(29)32-14-21(22,23)24/h5-6,13,16H,2-4,7-12,14H2,1H3,(H,25,28). The molecule has 0 spiro atoms. The Hall–Kier alpha value is -2.34. The number of piperidine rings is 2. The zero-order valence-corrected chi connectivity index (χ0v) is 19.2. The van der Waals surface area contributed by atoms with Gasteiger partial charge in [-0.25, -0.2) is 13.2 Å². The second-order valence-corrected chi connectivity index (χ2v) is 10.3. The van der Waals surface area contributed by atoms with Gasteiger partial charge in [0, 0.05) is 37.8 Å². The molecule has 0 unspecified atom stereocenters. The number of hydrogen-bond donors (Lipinski definition) is 1. The van der Waals surface area contributed by atoms with E-state index in [2.05, 4.69) is 10.1 Å². The van der Waals surface area contributed by atoms with E-state index in [4.69, 9.17) is 0 Å². The zero-order valence-electron chi connectivity index (χ0n) is 18.4. The van der Waals surface area contributed by atoms with Gasteiger partial charge in [0.05, 0.1) is 4.90 Å². The summed E-state index contributed by atoms with van der Waals surface area (Å²) in [4.78, 5) is 25.8. The van der Waals surface area contributed by atoms with Crippen molar-refractivity contribution in [2.75, 3.05) is 38.1 Å². The van der Waals surface area contributed by atoms with E-state index in [0.29, 0.717) is 24.3 Å². The number of carbonyl (C=O) groups excluding carboxylic acids is 2. The van der Waals surface area contributed by atoms with Gasteiger partial charge in [-0.3, -0.25) is 4.79 Å². The van der Waals surface area contributed by atoms with E-state index in [-0.39, 0.29) is 36.7 Å². The van der Waals surface area contributed by atoms with Crippen LogP contribution in [0.4, 0.5) is 23.7 Å². The maximum atomic E-state index is 12.9. The van der Waals surface area contributed by atoms with Gasteiger partial charge in [0.1, 0.15) is 0 Å². The van der Waals surface area contributed by atoms with E-state index >= 15 is 0 Å². The number of sulfonamides is 1. The van der Waals surface area contributed by atoms with Gasteiger partial charge >= 0.3 is 12.3 Å². The number of amides is 2. The van der Waals surface area contributed by atoms with E-state index in [9.17, 15) is 31.2 Å². The summed E-state index contributed by atoms with van der Waals surface area (Å²) in [6, 6.07) is 4.63. The predicted octanol–water partition coefficient (Wildman–Crippen LogP) is 3.52. The van der Waals surface area contributed by atoms with Crippen molar-refractivity contribution in [3.63, 3.8) is 0 Å². The summed E-state index contributed by atoms with van der Waals surface area (Å²) < 4.78 is 68.2. The van der Waals surface area contributed by atoms with Crippen molar-refractivity contribution >= 4 is 27.7 Å². The fourth-order valence-electron chi connectivity index (χ4n) is 3.94. The van der Waals surface area contributed by atoms with Gasteiger partial charge < -0.3 is 15.0 Å². The zero-order chi connectivity index (χ0) is 24.2. The number of likely N-dealkylation sites (tertiary alicyclic amines) is 1. The molecule has 2 heterocycles. The van der Waals surface area contributed by atoms with Crippen LogP contribution in [0.15, 0.2) is 23.1 Å². The second kappa shape index (κ2) is 10.3. The molecule has 0 aromatic heterocycles. The van der Waals surface area contributed by atoms with Crippen molar-refractivity contribution in [3.8, 4) is 0 Å². The molecular weight excluding hydrogens is 463 g/mol. The Labute approximate surface area is 191 Å². The van der Waals surface area contributed by atoms with Crippen LogP contribution >= 0.6 is 0 Å². The summed E-state index contributed by atoms with van der Waals surface area (Å²) in [5.74, 6) is -0.785. The molecule has 0 aliphatic carbocycles. The van der Waals surface area contributed by atoms with Crippen LogP contribution in [0.1, 0.15) is 37.7 Å². The smallest absolute Gasteiger partial charge is 0.422 e. The van der Waals surface area contributed by atoms with Crippen LogP contribution in [0, 0.1) is 12.8 Å². The number of nitrogens with one attached hydrogen (secondary N) is 1. The SMILES string of the molecule is Cc1ccc(S(=O)(=O)N2CCCCC2)cc1NC(=O)C1CCN(C(=O)OCC(F)(F)F)CC1. The topological polar surface area (TPSA) is 96.0 Å². The Morgan fingerprint density at radius 2 is 1.73 bits per heavy atom. The Bertz CT molecular complexity index is 970. The van der Waals surface area contributed by atoms with Crippen molar-refractivity contribution in [2.45, 2.75) is 50.1 Å². The molecular formula is C21H28F3N3O5S. The molecule has 0 saturated carbocycles. The van der Waals surface area contributed by atoms with Gasteiger partial charge in [0.2, 0.25) is 15.9 Å². The average molecular weight is 492 g/mol. The Morgan fingerprint density at radius 1 is 1.09 bits per heavy atom. The van der Waals surface area contributed by atoms with E-state index in [1.165, 1.54) is 16.4 Å². The second-order valence-electron chi connectivity index (χ2n) is 8.36. The Balaban J connectivity index is 1.59. The summed E-state index contributed by atoms with van der Waals surface area (Å²) in [7, 11) is -3.65. The molecule has 0 atom stereocenters. The van der Waals surface area contributed by atoms with Gasteiger partial charge in [0.25, 0.3) is 0 Å². The summed E-state index contributed by atoms with van der Waals surface area (Å²) in [6.07, 6.45) is -2.50. The number of rotatable bonds is 5. The van der Waals surface area contributed by atoms with Crippen LogP contribution in [0.5, 0.6) is 0 Å². The summed E-state index contributed by atoms with van der Waals surface area (Å²) >= 11 is 0. The van der Waals surface area contributed by atoms with Crippen LogP contribution in [-0.4, -0.2) is 68.6 Å². The molecule has 3 rings (SSSR count). The first-order valence-electron chi connectivity index (χ1n) is 10.9. The lowest BCUT2D eigenvalue weighted by molar-refractivity contribution is -0.162. The van der Waals surface area contributed by atoms with Gasteiger partial charge in [-0.05, 0) is 50.3 Å². The summed E-state index contributed by atoms with van der Waals surface area (Å²) in [5.41, 5.74) is 1.10. The fraction of sp³-hybridized carbons (Fsp3) is 0.619. The molecule has 1 aromatic carbocycles. The van der Waals surface area contributed by atoms with Gasteiger partial charge in [-0.1, -0.05) is 12.5 Å². The number of ether oxygens (including phenoxy) is 1. The third-order valence-corrected chi connectivity index (χ3v) is 7.80. The third-order valence-electron chi connectivity index (χ3n) is 5.90. The normalized spacial score (nSPS) is 18.7. The monoisotopic (exact) mass is 491 g/mol. The van der Waals surface area contributed by atoms with E-state index in [1.807, 2.05) is 0 Å². The molecule has 2 aliphatic heterocycles. The predicted molar refractivity (Wildman–Crippen MR) is 114 cm³/mol. The highest BCUT2D eigenvalue weighted by atomic mass is 32.2. The van der Waals surface area contributed by atoms with E-state index < -0.39 is 34.8 Å². The molecule has 1 aromatic rings. The van der Waals surface area contributed by atoms with Crippen molar-refractivity contribution in [2.24, 2.45) is 5.92 Å². The molecule has 0 bridgehead atoms. The number of hydrogen-bond acceptors (Lipinski definition) is 5. The average Bonchev–Trinajstić information content (AvgIpc) is 2.79. The van der Waals surface area contributed by atoms with Crippen molar-refractivity contribution in [1.29, 1.82) is 0 Å². The van der Waals surface area contributed by atoms with Gasteiger partial charge in [-0.15, -0.1) is 0 Å².